The van der Waals surface area contributed by atoms with Crippen LogP contribution in [0.25, 0.3) is 0 Å². The number of carboxylic acids is 1. The third-order valence-electron chi connectivity index (χ3n) is 1.81. The average Bonchev–Trinajstić information content (AvgIpc) is 2.17. The highest BCUT2D eigenvalue weighted by Crippen LogP contribution is 1.85. The first kappa shape index (κ1) is 14.2. The van der Waals surface area contributed by atoms with E-state index in [0.29, 0.717) is 6.54 Å². The molecule has 0 aliphatic heterocycles. The highest BCUT2D eigenvalue weighted by atomic mass is 16.4. The zero-order valence-electron chi connectivity index (χ0n) is 9.53. The molecule has 7 nitrogen and oxygen atoms in total. The number of rotatable bonds is 5. The van der Waals surface area contributed by atoms with Crippen molar-refractivity contribution in [2.45, 2.75) is 32.9 Å². The van der Waals surface area contributed by atoms with E-state index in [2.05, 4.69) is 16.0 Å². The smallest absolute Gasteiger partial charge is 0.325 e. The Hall–Kier alpha value is -1.79. The molecule has 0 fully saturated rings. The van der Waals surface area contributed by atoms with Crippen molar-refractivity contribution in [1.29, 1.82) is 0 Å². The Morgan fingerprint density at radius 1 is 1.12 bits per heavy atom. The number of carbonyl (C=O) groups excluding carboxylic acids is 2. The quantitative estimate of drug-likeness (QED) is 0.501. The second-order valence-electron chi connectivity index (χ2n) is 3.29. The largest absolute Gasteiger partial charge is 0.480 e. The molecule has 1 unspecified atom stereocenters. The molecule has 0 aliphatic carbocycles. The second-order valence-corrected chi connectivity index (χ2v) is 3.29. The molecule has 7 heteroatoms. The van der Waals surface area contributed by atoms with Crippen molar-refractivity contribution in [2.24, 2.45) is 0 Å². The van der Waals surface area contributed by atoms with E-state index in [1.165, 1.54) is 13.8 Å². The van der Waals surface area contributed by atoms with Gasteiger partial charge in [0.25, 0.3) is 0 Å². The van der Waals surface area contributed by atoms with Gasteiger partial charge in [-0.1, -0.05) is 0 Å². The van der Waals surface area contributed by atoms with E-state index in [0.717, 1.165) is 0 Å². The molecule has 0 saturated heterocycles. The Kier molecular flexibility index (Phi) is 5.91. The summed E-state index contributed by atoms with van der Waals surface area (Å²) < 4.78 is 0. The summed E-state index contributed by atoms with van der Waals surface area (Å²) in [6.07, 6.45) is 0. The molecule has 0 saturated carbocycles. The van der Waals surface area contributed by atoms with Gasteiger partial charge in [0.05, 0.1) is 0 Å². The molecule has 16 heavy (non-hydrogen) atoms. The van der Waals surface area contributed by atoms with Crippen molar-refractivity contribution in [3.8, 4) is 0 Å². The maximum atomic E-state index is 11.2. The van der Waals surface area contributed by atoms with Gasteiger partial charge in [-0.3, -0.25) is 9.59 Å². The first-order valence-electron chi connectivity index (χ1n) is 4.96. The minimum Gasteiger partial charge on any atom is -0.480 e. The predicted octanol–water partition coefficient (Wildman–Crippen LogP) is -0.717. The van der Waals surface area contributed by atoms with Crippen molar-refractivity contribution >= 4 is 17.9 Å². The van der Waals surface area contributed by atoms with Gasteiger partial charge in [-0.25, -0.2) is 4.79 Å². The third kappa shape index (κ3) is 5.18. The van der Waals surface area contributed by atoms with E-state index in [-0.39, 0.29) is 5.91 Å². The molecule has 0 heterocycles. The number of hydrogen-bond donors (Lipinski definition) is 4. The molecule has 0 aromatic carbocycles. The van der Waals surface area contributed by atoms with Crippen molar-refractivity contribution in [3.63, 3.8) is 0 Å². The normalized spacial score (nSPS) is 13.4. The molecule has 0 radical (unpaired) electrons. The van der Waals surface area contributed by atoms with Gasteiger partial charge in [0, 0.05) is 6.54 Å². The Bertz CT molecular complexity index is 280. The van der Waals surface area contributed by atoms with E-state index >= 15 is 0 Å². The van der Waals surface area contributed by atoms with Crippen LogP contribution in [0.2, 0.25) is 0 Å². The number of amides is 3. The third-order valence-corrected chi connectivity index (χ3v) is 1.81. The van der Waals surface area contributed by atoms with Gasteiger partial charge in [-0.15, -0.1) is 0 Å². The van der Waals surface area contributed by atoms with Crippen molar-refractivity contribution in [1.82, 2.24) is 16.0 Å². The Morgan fingerprint density at radius 3 is 2.06 bits per heavy atom. The summed E-state index contributed by atoms with van der Waals surface area (Å²) in [5, 5.41) is 15.6. The molecule has 3 amide bonds. The van der Waals surface area contributed by atoms with E-state index in [9.17, 15) is 14.4 Å². The number of urea groups is 1. The standard InChI is InChI=1S/C9H17N3O4/c1-4-10-7(13)5(2)11-9(16)12-6(3)8(14)15/h5-6H,4H2,1-3H3,(H,10,13)(H,14,15)(H2,11,12,16)/t5?,6-/m1/s1. The minimum absolute atomic E-state index is 0.319. The van der Waals surface area contributed by atoms with Gasteiger partial charge >= 0.3 is 12.0 Å². The SMILES string of the molecule is CCNC(=O)C(C)NC(=O)N[C@H](C)C(=O)O. The molecule has 4 N–H and O–H groups in total. The van der Waals surface area contributed by atoms with Crippen LogP contribution in [0.1, 0.15) is 20.8 Å². The molecular formula is C9H17N3O4. The van der Waals surface area contributed by atoms with Crippen LogP contribution in [0.15, 0.2) is 0 Å². The lowest BCUT2D eigenvalue weighted by Crippen LogP contribution is -2.51. The molecular weight excluding hydrogens is 214 g/mol. The van der Waals surface area contributed by atoms with Crippen LogP contribution >= 0.6 is 0 Å². The van der Waals surface area contributed by atoms with E-state index < -0.39 is 24.1 Å². The average molecular weight is 231 g/mol. The van der Waals surface area contributed by atoms with Gasteiger partial charge in [0.1, 0.15) is 12.1 Å². The minimum atomic E-state index is -1.14. The number of likely N-dealkylation sites (N-methyl/N-ethyl adjacent to an activating group) is 1. The number of nitrogens with one attached hydrogen (secondary N) is 3. The highest BCUT2D eigenvalue weighted by molar-refractivity contribution is 5.88. The zero-order chi connectivity index (χ0) is 12.7. The van der Waals surface area contributed by atoms with Crippen LogP contribution in [0.5, 0.6) is 0 Å². The predicted molar refractivity (Wildman–Crippen MR) is 56.9 cm³/mol. The van der Waals surface area contributed by atoms with Crippen LogP contribution < -0.4 is 16.0 Å². The fourth-order valence-electron chi connectivity index (χ4n) is 0.890. The van der Waals surface area contributed by atoms with E-state index in [1.54, 1.807) is 6.92 Å². The molecule has 0 aliphatic rings. The van der Waals surface area contributed by atoms with Crippen LogP contribution in [0.3, 0.4) is 0 Å². The lowest BCUT2D eigenvalue weighted by atomic mass is 10.3. The second kappa shape index (κ2) is 6.65. The molecule has 0 aromatic heterocycles. The van der Waals surface area contributed by atoms with Crippen LogP contribution in [-0.4, -0.2) is 41.6 Å². The Labute approximate surface area is 93.6 Å². The number of carboxylic acid groups (broad SMARTS) is 1. The Balaban J connectivity index is 4.05. The first-order chi connectivity index (χ1) is 7.38. The van der Waals surface area contributed by atoms with Crippen molar-refractivity contribution in [2.75, 3.05) is 6.54 Å². The summed E-state index contributed by atoms with van der Waals surface area (Å²) in [6, 6.07) is -2.39. The van der Waals surface area contributed by atoms with E-state index in [4.69, 9.17) is 5.11 Å². The summed E-state index contributed by atoms with van der Waals surface area (Å²) in [7, 11) is 0. The monoisotopic (exact) mass is 231 g/mol. The van der Waals surface area contributed by atoms with Gasteiger partial charge in [-0.2, -0.15) is 0 Å². The maximum Gasteiger partial charge on any atom is 0.325 e. The summed E-state index contributed by atoms with van der Waals surface area (Å²) in [4.78, 5) is 32.9. The summed E-state index contributed by atoms with van der Waals surface area (Å²) >= 11 is 0. The number of carbonyl (C=O) groups is 3. The van der Waals surface area contributed by atoms with E-state index in [1.807, 2.05) is 0 Å². The number of hydrogen-bond acceptors (Lipinski definition) is 3. The van der Waals surface area contributed by atoms with Crippen LogP contribution in [0, 0.1) is 0 Å². The molecule has 2 atom stereocenters. The highest BCUT2D eigenvalue weighted by Gasteiger charge is 2.18. The lowest BCUT2D eigenvalue weighted by molar-refractivity contribution is -0.138. The van der Waals surface area contributed by atoms with Crippen molar-refractivity contribution < 1.29 is 19.5 Å². The van der Waals surface area contributed by atoms with Crippen LogP contribution in [0.4, 0.5) is 4.79 Å². The summed E-state index contributed by atoms with van der Waals surface area (Å²) in [5.41, 5.74) is 0. The Morgan fingerprint density at radius 2 is 1.62 bits per heavy atom. The molecule has 0 bridgehead atoms. The van der Waals surface area contributed by atoms with Gasteiger partial charge in [0.15, 0.2) is 0 Å². The molecule has 0 aromatic rings. The van der Waals surface area contributed by atoms with Gasteiger partial charge < -0.3 is 21.1 Å². The first-order valence-corrected chi connectivity index (χ1v) is 4.96. The zero-order valence-corrected chi connectivity index (χ0v) is 9.53. The fraction of sp³-hybridized carbons (Fsp3) is 0.667. The summed E-state index contributed by atoms with van der Waals surface area (Å²) in [6.45, 7) is 5.07. The van der Waals surface area contributed by atoms with Gasteiger partial charge in [0.2, 0.25) is 5.91 Å². The maximum absolute atomic E-state index is 11.2. The van der Waals surface area contributed by atoms with Gasteiger partial charge in [-0.05, 0) is 20.8 Å². The lowest BCUT2D eigenvalue weighted by Gasteiger charge is -2.15. The topological polar surface area (TPSA) is 108 Å². The number of aliphatic carboxylic acids is 1. The molecule has 0 spiro atoms. The molecule has 0 rings (SSSR count). The van der Waals surface area contributed by atoms with Crippen LogP contribution in [-0.2, 0) is 9.59 Å². The molecule has 92 valence electrons. The summed E-state index contributed by atoms with van der Waals surface area (Å²) in [5.74, 6) is -1.46. The fourth-order valence-corrected chi connectivity index (χ4v) is 0.890. The van der Waals surface area contributed by atoms with Crippen molar-refractivity contribution in [3.05, 3.63) is 0 Å².